The number of benzene rings is 2. The Kier molecular flexibility index (Phi) is 5.88. The van der Waals surface area contributed by atoms with E-state index in [1.54, 1.807) is 25.1 Å². The van der Waals surface area contributed by atoms with Gasteiger partial charge in [-0.1, -0.05) is 11.6 Å². The molecule has 1 unspecified atom stereocenters. The molecule has 1 atom stereocenters. The SMILES string of the molecule is CC(Nc1ccc2c(c1)OCCCO2)C(=O)Nc1ccc(Cl)cc1C(F)(F)F. The molecule has 150 valence electrons. The van der Waals surface area contributed by atoms with Crippen molar-refractivity contribution in [3.05, 3.63) is 47.0 Å². The molecule has 0 fully saturated rings. The van der Waals surface area contributed by atoms with Crippen LogP contribution in [0, 0.1) is 0 Å². The molecule has 28 heavy (non-hydrogen) atoms. The molecule has 0 aliphatic carbocycles. The predicted octanol–water partition coefficient (Wildman–Crippen LogP) is 4.96. The number of fused-ring (bicyclic) bond motifs is 1. The lowest BCUT2D eigenvalue weighted by Gasteiger charge is -2.19. The van der Waals surface area contributed by atoms with Crippen LogP contribution < -0.4 is 20.1 Å². The second-order valence-corrected chi connectivity index (χ2v) is 6.69. The van der Waals surface area contributed by atoms with E-state index in [1.165, 1.54) is 6.07 Å². The predicted molar refractivity (Wildman–Crippen MR) is 100 cm³/mol. The Labute approximate surface area is 164 Å². The molecule has 5 nitrogen and oxygen atoms in total. The monoisotopic (exact) mass is 414 g/mol. The molecule has 1 heterocycles. The summed E-state index contributed by atoms with van der Waals surface area (Å²) in [5.41, 5.74) is -0.774. The van der Waals surface area contributed by atoms with E-state index in [1.807, 2.05) is 0 Å². The summed E-state index contributed by atoms with van der Waals surface area (Å²) in [4.78, 5) is 12.4. The highest BCUT2D eigenvalue weighted by Crippen LogP contribution is 2.37. The smallest absolute Gasteiger partial charge is 0.418 e. The van der Waals surface area contributed by atoms with Gasteiger partial charge in [-0.2, -0.15) is 13.2 Å². The topological polar surface area (TPSA) is 59.6 Å². The minimum atomic E-state index is -4.64. The number of carbonyl (C=O) groups is 1. The maximum Gasteiger partial charge on any atom is 0.418 e. The molecule has 1 amide bonds. The van der Waals surface area contributed by atoms with Gasteiger partial charge in [-0.3, -0.25) is 4.79 Å². The van der Waals surface area contributed by atoms with Crippen LogP contribution >= 0.6 is 11.6 Å². The largest absolute Gasteiger partial charge is 0.490 e. The highest BCUT2D eigenvalue weighted by Gasteiger charge is 2.34. The summed E-state index contributed by atoms with van der Waals surface area (Å²) < 4.78 is 50.6. The van der Waals surface area contributed by atoms with Crippen LogP contribution in [0.15, 0.2) is 36.4 Å². The molecule has 0 saturated carbocycles. The third-order valence-electron chi connectivity index (χ3n) is 4.07. The molecular formula is C19H18ClF3N2O3. The number of ether oxygens (including phenoxy) is 2. The van der Waals surface area contributed by atoms with E-state index in [-0.39, 0.29) is 10.7 Å². The van der Waals surface area contributed by atoms with Crippen molar-refractivity contribution in [1.29, 1.82) is 0 Å². The number of nitrogens with one attached hydrogen (secondary N) is 2. The highest BCUT2D eigenvalue weighted by molar-refractivity contribution is 6.30. The first-order valence-electron chi connectivity index (χ1n) is 8.58. The summed E-state index contributed by atoms with van der Waals surface area (Å²) in [6.45, 7) is 2.62. The number of halogens is 4. The van der Waals surface area contributed by atoms with Gasteiger partial charge >= 0.3 is 6.18 Å². The standard InChI is InChI=1S/C19H18ClF3N2O3/c1-11(24-13-4-6-16-17(10-13)28-8-2-7-27-16)18(26)25-15-5-3-12(20)9-14(15)19(21,22)23/h3-6,9-11,24H,2,7-8H2,1H3,(H,25,26). The first-order chi connectivity index (χ1) is 13.2. The summed E-state index contributed by atoms with van der Waals surface area (Å²) in [5, 5.41) is 5.18. The Balaban J connectivity index is 1.71. The minimum absolute atomic E-state index is 0.0660. The Morgan fingerprint density at radius 1 is 1.11 bits per heavy atom. The molecular weight excluding hydrogens is 397 g/mol. The lowest BCUT2D eigenvalue weighted by atomic mass is 10.1. The van der Waals surface area contributed by atoms with Gasteiger partial charge in [0.2, 0.25) is 5.91 Å². The van der Waals surface area contributed by atoms with Crippen molar-refractivity contribution in [3.8, 4) is 11.5 Å². The highest BCUT2D eigenvalue weighted by atomic mass is 35.5. The third kappa shape index (κ3) is 4.81. The zero-order chi connectivity index (χ0) is 20.3. The van der Waals surface area contributed by atoms with Gasteiger partial charge in [-0.15, -0.1) is 0 Å². The molecule has 0 spiro atoms. The Hall–Kier alpha value is -2.61. The van der Waals surface area contributed by atoms with Gasteiger partial charge in [-0.25, -0.2) is 0 Å². The molecule has 2 N–H and O–H groups in total. The molecule has 9 heteroatoms. The zero-order valence-electron chi connectivity index (χ0n) is 14.9. The van der Waals surface area contributed by atoms with E-state index in [4.69, 9.17) is 21.1 Å². The number of amides is 1. The first-order valence-corrected chi connectivity index (χ1v) is 8.95. The fraction of sp³-hybridized carbons (Fsp3) is 0.316. The van der Waals surface area contributed by atoms with E-state index < -0.39 is 23.7 Å². The van der Waals surface area contributed by atoms with E-state index in [2.05, 4.69) is 10.6 Å². The van der Waals surface area contributed by atoms with E-state index >= 15 is 0 Å². The van der Waals surface area contributed by atoms with Crippen LogP contribution in [0.1, 0.15) is 18.9 Å². The molecule has 0 saturated heterocycles. The maximum atomic E-state index is 13.2. The Bertz CT molecular complexity index is 874. The lowest BCUT2D eigenvalue weighted by molar-refractivity contribution is -0.137. The van der Waals surface area contributed by atoms with Crippen molar-refractivity contribution in [2.75, 3.05) is 23.8 Å². The average molecular weight is 415 g/mol. The molecule has 2 aromatic carbocycles. The van der Waals surface area contributed by atoms with Gasteiger partial charge in [-0.05, 0) is 37.3 Å². The van der Waals surface area contributed by atoms with Gasteiger partial charge in [0.1, 0.15) is 6.04 Å². The van der Waals surface area contributed by atoms with Crippen molar-refractivity contribution in [1.82, 2.24) is 0 Å². The number of hydrogen-bond acceptors (Lipinski definition) is 4. The molecule has 1 aliphatic rings. The van der Waals surface area contributed by atoms with E-state index in [9.17, 15) is 18.0 Å². The maximum absolute atomic E-state index is 13.2. The Morgan fingerprint density at radius 2 is 1.82 bits per heavy atom. The van der Waals surface area contributed by atoms with Crippen molar-refractivity contribution in [2.45, 2.75) is 25.6 Å². The van der Waals surface area contributed by atoms with Gasteiger partial charge in [0.15, 0.2) is 11.5 Å². The van der Waals surface area contributed by atoms with Gasteiger partial charge in [0.25, 0.3) is 0 Å². The van der Waals surface area contributed by atoms with Crippen molar-refractivity contribution >= 4 is 28.9 Å². The molecule has 1 aliphatic heterocycles. The molecule has 0 radical (unpaired) electrons. The number of rotatable bonds is 4. The van der Waals surface area contributed by atoms with Crippen molar-refractivity contribution in [3.63, 3.8) is 0 Å². The average Bonchev–Trinajstić information content (AvgIpc) is 2.87. The van der Waals surface area contributed by atoms with Gasteiger partial charge < -0.3 is 20.1 Å². The second kappa shape index (κ2) is 8.18. The molecule has 2 aromatic rings. The molecule has 0 bridgehead atoms. The van der Waals surface area contributed by atoms with Crippen LogP contribution in [0.4, 0.5) is 24.5 Å². The molecule has 3 rings (SSSR count). The normalized spacial score (nSPS) is 14.8. The van der Waals surface area contributed by atoms with Gasteiger partial charge in [0, 0.05) is 23.2 Å². The summed E-state index contributed by atoms with van der Waals surface area (Å²) in [5.74, 6) is 0.531. The first kappa shape index (κ1) is 20.1. The van der Waals surface area contributed by atoms with Crippen LogP contribution in [-0.2, 0) is 11.0 Å². The fourth-order valence-electron chi connectivity index (χ4n) is 2.67. The number of anilines is 2. The van der Waals surface area contributed by atoms with E-state index in [0.29, 0.717) is 30.4 Å². The zero-order valence-corrected chi connectivity index (χ0v) is 15.7. The third-order valence-corrected chi connectivity index (χ3v) is 4.30. The fourth-order valence-corrected chi connectivity index (χ4v) is 2.84. The van der Waals surface area contributed by atoms with Crippen LogP contribution in [-0.4, -0.2) is 25.2 Å². The van der Waals surface area contributed by atoms with E-state index in [0.717, 1.165) is 18.6 Å². The molecule has 0 aromatic heterocycles. The van der Waals surface area contributed by atoms with Crippen LogP contribution in [0.25, 0.3) is 0 Å². The second-order valence-electron chi connectivity index (χ2n) is 6.25. The summed E-state index contributed by atoms with van der Waals surface area (Å²) >= 11 is 5.65. The number of carbonyl (C=O) groups excluding carboxylic acids is 1. The summed E-state index contributed by atoms with van der Waals surface area (Å²) in [6.07, 6.45) is -3.88. The number of alkyl halides is 3. The van der Waals surface area contributed by atoms with Crippen LogP contribution in [0.2, 0.25) is 5.02 Å². The van der Waals surface area contributed by atoms with Crippen molar-refractivity contribution in [2.24, 2.45) is 0 Å². The van der Waals surface area contributed by atoms with Crippen LogP contribution in [0.3, 0.4) is 0 Å². The number of hydrogen-bond donors (Lipinski definition) is 2. The summed E-state index contributed by atoms with van der Waals surface area (Å²) in [6, 6.07) is 7.50. The lowest BCUT2D eigenvalue weighted by Crippen LogP contribution is -2.32. The van der Waals surface area contributed by atoms with Crippen LogP contribution in [0.5, 0.6) is 11.5 Å². The minimum Gasteiger partial charge on any atom is -0.490 e. The summed E-state index contributed by atoms with van der Waals surface area (Å²) in [7, 11) is 0. The van der Waals surface area contributed by atoms with Gasteiger partial charge in [0.05, 0.1) is 24.5 Å². The van der Waals surface area contributed by atoms with Crippen molar-refractivity contribution < 1.29 is 27.4 Å². The Morgan fingerprint density at radius 3 is 2.54 bits per heavy atom. The quantitative estimate of drug-likeness (QED) is 0.742.